The Labute approximate surface area is 231 Å². The van der Waals surface area contributed by atoms with Crippen molar-refractivity contribution >= 4 is 5.91 Å². The first-order valence-corrected chi connectivity index (χ1v) is 16.4. The second-order valence-corrected chi connectivity index (χ2v) is 11.2. The van der Waals surface area contributed by atoms with E-state index in [1.165, 1.54) is 128 Å². The maximum Gasteiger partial charge on any atom is 0.220 e. The van der Waals surface area contributed by atoms with Gasteiger partial charge in [0.25, 0.3) is 0 Å². The molecule has 37 heavy (non-hydrogen) atoms. The van der Waals surface area contributed by atoms with Crippen LogP contribution in [0.3, 0.4) is 0 Å². The van der Waals surface area contributed by atoms with Crippen LogP contribution < -0.4 is 5.32 Å². The highest BCUT2D eigenvalue weighted by Crippen LogP contribution is 2.15. The average Bonchev–Trinajstić information content (AvgIpc) is 2.90. The summed E-state index contributed by atoms with van der Waals surface area (Å²) >= 11 is 0. The average molecular weight is 524 g/mol. The Hall–Kier alpha value is -0.870. The van der Waals surface area contributed by atoms with Crippen LogP contribution in [0.4, 0.5) is 0 Å². The van der Waals surface area contributed by atoms with Crippen LogP contribution in [0.25, 0.3) is 0 Å². The van der Waals surface area contributed by atoms with E-state index in [2.05, 4.69) is 19.2 Å². The standard InChI is InChI=1S/C33H65NO3/c1-3-5-7-9-11-12-13-14-15-16-17-18-19-20-21-22-23-25-27-29-33(37)34-31(30-35)32(36)28-26-24-10-8-6-4-2/h26,28,31-32,35-36H,3-25,27,29-30H2,1-2H3,(H,34,37)/b28-26+. The molecule has 0 fully saturated rings. The van der Waals surface area contributed by atoms with E-state index < -0.39 is 12.1 Å². The molecule has 3 N–H and O–H groups in total. The molecule has 4 nitrogen and oxygen atoms in total. The van der Waals surface area contributed by atoms with Crippen molar-refractivity contribution in [1.29, 1.82) is 0 Å². The van der Waals surface area contributed by atoms with Crippen molar-refractivity contribution in [3.63, 3.8) is 0 Å². The van der Waals surface area contributed by atoms with E-state index in [0.717, 1.165) is 25.7 Å². The van der Waals surface area contributed by atoms with E-state index in [4.69, 9.17) is 0 Å². The number of amides is 1. The third kappa shape index (κ3) is 26.5. The Morgan fingerprint density at radius 3 is 1.41 bits per heavy atom. The van der Waals surface area contributed by atoms with Crippen LogP contribution in [0, 0.1) is 0 Å². The minimum atomic E-state index is -0.828. The van der Waals surface area contributed by atoms with Gasteiger partial charge in [0.05, 0.1) is 18.8 Å². The minimum Gasteiger partial charge on any atom is -0.394 e. The molecule has 0 aliphatic rings. The molecule has 2 atom stereocenters. The van der Waals surface area contributed by atoms with Gasteiger partial charge in [-0.15, -0.1) is 0 Å². The largest absolute Gasteiger partial charge is 0.394 e. The highest BCUT2D eigenvalue weighted by Gasteiger charge is 2.17. The lowest BCUT2D eigenvalue weighted by Crippen LogP contribution is -2.45. The van der Waals surface area contributed by atoms with Gasteiger partial charge in [-0.05, 0) is 19.3 Å². The summed E-state index contributed by atoms with van der Waals surface area (Å²) in [5, 5.41) is 22.6. The molecule has 4 heteroatoms. The van der Waals surface area contributed by atoms with Crippen molar-refractivity contribution < 1.29 is 15.0 Å². The van der Waals surface area contributed by atoms with Crippen LogP contribution in [-0.2, 0) is 4.79 Å². The summed E-state index contributed by atoms with van der Waals surface area (Å²) in [5.41, 5.74) is 0. The highest BCUT2D eigenvalue weighted by molar-refractivity contribution is 5.76. The van der Waals surface area contributed by atoms with Crippen LogP contribution in [0.15, 0.2) is 12.2 Å². The lowest BCUT2D eigenvalue weighted by molar-refractivity contribution is -0.123. The summed E-state index contributed by atoms with van der Waals surface area (Å²) in [7, 11) is 0. The molecule has 0 aliphatic carbocycles. The number of unbranched alkanes of at least 4 members (excludes halogenated alkanes) is 22. The monoisotopic (exact) mass is 523 g/mol. The van der Waals surface area contributed by atoms with E-state index >= 15 is 0 Å². The van der Waals surface area contributed by atoms with Gasteiger partial charge < -0.3 is 15.5 Å². The lowest BCUT2D eigenvalue weighted by atomic mass is 10.0. The maximum absolute atomic E-state index is 12.2. The Bertz CT molecular complexity index is 494. The van der Waals surface area contributed by atoms with Crippen LogP contribution in [0.1, 0.15) is 174 Å². The topological polar surface area (TPSA) is 69.6 Å². The van der Waals surface area contributed by atoms with Gasteiger partial charge in [-0.1, -0.05) is 161 Å². The minimum absolute atomic E-state index is 0.0681. The number of carbonyl (C=O) groups excluding carboxylic acids is 1. The van der Waals surface area contributed by atoms with Crippen LogP contribution >= 0.6 is 0 Å². The summed E-state index contributed by atoms with van der Waals surface area (Å²) in [5.74, 6) is -0.0681. The molecule has 0 saturated heterocycles. The van der Waals surface area contributed by atoms with Crippen molar-refractivity contribution in [2.75, 3.05) is 6.61 Å². The van der Waals surface area contributed by atoms with Gasteiger partial charge in [0.15, 0.2) is 0 Å². The zero-order chi connectivity index (χ0) is 27.2. The third-order valence-corrected chi connectivity index (χ3v) is 7.52. The summed E-state index contributed by atoms with van der Waals surface area (Å²) in [4.78, 5) is 12.2. The molecule has 0 saturated carbocycles. The number of hydrogen-bond acceptors (Lipinski definition) is 3. The predicted octanol–water partition coefficient (Wildman–Crippen LogP) is 9.17. The van der Waals surface area contributed by atoms with E-state index in [9.17, 15) is 15.0 Å². The molecule has 220 valence electrons. The fourth-order valence-electron chi connectivity index (χ4n) is 4.94. The number of aliphatic hydroxyl groups excluding tert-OH is 2. The van der Waals surface area contributed by atoms with E-state index in [1.807, 2.05) is 6.08 Å². The van der Waals surface area contributed by atoms with Gasteiger partial charge in [0.1, 0.15) is 0 Å². The van der Waals surface area contributed by atoms with Gasteiger partial charge in [0.2, 0.25) is 5.91 Å². The Morgan fingerprint density at radius 2 is 1.00 bits per heavy atom. The van der Waals surface area contributed by atoms with Crippen LogP contribution in [-0.4, -0.2) is 34.9 Å². The molecule has 0 spiro atoms. The second kappa shape index (κ2) is 29.7. The number of nitrogens with one attached hydrogen (secondary N) is 1. The molecule has 0 heterocycles. The number of aliphatic hydroxyl groups is 2. The third-order valence-electron chi connectivity index (χ3n) is 7.52. The summed E-state index contributed by atoms with van der Waals surface area (Å²) < 4.78 is 0. The maximum atomic E-state index is 12.2. The Morgan fingerprint density at radius 1 is 0.622 bits per heavy atom. The van der Waals surface area contributed by atoms with Crippen LogP contribution in [0.5, 0.6) is 0 Å². The highest BCUT2D eigenvalue weighted by atomic mass is 16.3. The zero-order valence-electron chi connectivity index (χ0n) is 25.0. The van der Waals surface area contributed by atoms with Gasteiger partial charge in [0, 0.05) is 6.42 Å². The summed E-state index contributed by atoms with van der Waals surface area (Å²) in [6.07, 6.45) is 34.5. The van der Waals surface area contributed by atoms with E-state index in [0.29, 0.717) is 6.42 Å². The van der Waals surface area contributed by atoms with Crippen molar-refractivity contribution in [1.82, 2.24) is 5.32 Å². The normalized spacial score (nSPS) is 13.3. The van der Waals surface area contributed by atoms with Crippen molar-refractivity contribution in [2.45, 2.75) is 187 Å². The first kappa shape index (κ1) is 36.1. The fraction of sp³-hybridized carbons (Fsp3) is 0.909. The summed E-state index contributed by atoms with van der Waals surface area (Å²) in [6.45, 7) is 4.23. The molecule has 2 unspecified atom stereocenters. The molecular weight excluding hydrogens is 458 g/mol. The van der Waals surface area contributed by atoms with Crippen molar-refractivity contribution in [2.24, 2.45) is 0 Å². The molecule has 0 aromatic heterocycles. The van der Waals surface area contributed by atoms with Gasteiger partial charge in [-0.25, -0.2) is 0 Å². The molecule has 0 aromatic rings. The van der Waals surface area contributed by atoms with E-state index in [1.54, 1.807) is 6.08 Å². The van der Waals surface area contributed by atoms with Gasteiger partial charge >= 0.3 is 0 Å². The number of carbonyl (C=O) groups is 1. The fourth-order valence-corrected chi connectivity index (χ4v) is 4.94. The quantitative estimate of drug-likeness (QED) is 0.0676. The molecule has 0 aliphatic heterocycles. The van der Waals surface area contributed by atoms with Crippen LogP contribution in [0.2, 0.25) is 0 Å². The lowest BCUT2D eigenvalue weighted by Gasteiger charge is -2.20. The molecule has 0 rings (SSSR count). The van der Waals surface area contributed by atoms with Gasteiger partial charge in [-0.3, -0.25) is 4.79 Å². The number of hydrogen-bond donors (Lipinski definition) is 3. The smallest absolute Gasteiger partial charge is 0.220 e. The predicted molar refractivity (Wildman–Crippen MR) is 161 cm³/mol. The first-order valence-electron chi connectivity index (χ1n) is 16.4. The molecule has 0 radical (unpaired) electrons. The van der Waals surface area contributed by atoms with E-state index in [-0.39, 0.29) is 12.5 Å². The molecule has 0 bridgehead atoms. The summed E-state index contributed by atoms with van der Waals surface area (Å²) in [6, 6.07) is -0.611. The SMILES string of the molecule is CCCCCC/C=C/C(O)C(CO)NC(=O)CCCCCCCCCCCCCCCCCCCCC. The molecular formula is C33H65NO3. The van der Waals surface area contributed by atoms with Crippen molar-refractivity contribution in [3.8, 4) is 0 Å². The van der Waals surface area contributed by atoms with Crippen molar-refractivity contribution in [3.05, 3.63) is 12.2 Å². The first-order chi connectivity index (χ1) is 18.2. The van der Waals surface area contributed by atoms with Gasteiger partial charge in [-0.2, -0.15) is 0 Å². The number of rotatable bonds is 29. The zero-order valence-corrected chi connectivity index (χ0v) is 25.0. The molecule has 1 amide bonds. The Kier molecular flexibility index (Phi) is 29.0. The second-order valence-electron chi connectivity index (χ2n) is 11.2. The molecule has 0 aromatic carbocycles. The Balaban J connectivity index is 3.48. The number of allylic oxidation sites excluding steroid dienone is 1.